The average Bonchev–Trinajstić information content (AvgIpc) is 3.19. The van der Waals surface area contributed by atoms with Crippen LogP contribution in [0.5, 0.6) is 0 Å². The number of fused-ring (bicyclic) bond motifs is 1. The van der Waals surface area contributed by atoms with Crippen LogP contribution in [0, 0.1) is 0 Å². The Morgan fingerprint density at radius 2 is 1.97 bits per heavy atom. The van der Waals surface area contributed by atoms with E-state index in [0.717, 1.165) is 4.88 Å². The second-order valence-electron chi connectivity index (χ2n) is 7.12. The Morgan fingerprint density at radius 1 is 1.21 bits per heavy atom. The molecule has 2 heterocycles. The third kappa shape index (κ3) is 5.08. The molecule has 29 heavy (non-hydrogen) atoms. The van der Waals surface area contributed by atoms with E-state index < -0.39 is 0 Å². The van der Waals surface area contributed by atoms with Gasteiger partial charge in [-0.05, 0) is 37.4 Å². The number of carbonyl (C=O) groups is 2. The van der Waals surface area contributed by atoms with E-state index in [2.05, 4.69) is 15.3 Å². The highest BCUT2D eigenvalue weighted by molar-refractivity contribution is 7.10. The highest BCUT2D eigenvalue weighted by Crippen LogP contribution is 2.24. The second kappa shape index (κ2) is 9.00. The van der Waals surface area contributed by atoms with Crippen molar-refractivity contribution in [3.8, 4) is 0 Å². The number of amides is 2. The number of benzene rings is 1. The Kier molecular flexibility index (Phi) is 6.43. The summed E-state index contributed by atoms with van der Waals surface area (Å²) in [5.74, 6) is 0.124. The van der Waals surface area contributed by atoms with Gasteiger partial charge in [-0.25, -0.2) is 4.98 Å². The predicted octanol–water partition coefficient (Wildman–Crippen LogP) is 2.99. The van der Waals surface area contributed by atoms with Crippen molar-refractivity contribution >= 4 is 34.1 Å². The van der Waals surface area contributed by atoms with E-state index in [1.165, 1.54) is 18.3 Å². The fourth-order valence-corrected chi connectivity index (χ4v) is 3.96. The summed E-state index contributed by atoms with van der Waals surface area (Å²) in [6.07, 6.45) is 0.135. The van der Waals surface area contributed by atoms with Gasteiger partial charge in [-0.2, -0.15) is 0 Å². The van der Waals surface area contributed by atoms with Crippen LogP contribution in [0.4, 0.5) is 0 Å². The number of hydrogen-bond acceptors (Lipinski definition) is 5. The number of hydrogen-bond donors (Lipinski definition) is 2. The molecule has 0 spiro atoms. The van der Waals surface area contributed by atoms with Crippen LogP contribution in [0.2, 0.25) is 0 Å². The molecule has 0 aliphatic heterocycles. The summed E-state index contributed by atoms with van der Waals surface area (Å²) in [4.78, 5) is 46.9. The summed E-state index contributed by atoms with van der Waals surface area (Å²) in [7, 11) is 0. The third-order valence-corrected chi connectivity index (χ3v) is 5.55. The van der Waals surface area contributed by atoms with Gasteiger partial charge in [0.2, 0.25) is 11.8 Å². The maximum atomic E-state index is 13.1. The summed E-state index contributed by atoms with van der Waals surface area (Å²) in [5, 5.41) is 5.29. The Hall–Kier alpha value is -3.00. The van der Waals surface area contributed by atoms with Gasteiger partial charge in [0.25, 0.3) is 5.56 Å². The quantitative estimate of drug-likeness (QED) is 0.624. The molecule has 0 aliphatic carbocycles. The standard InChI is InChI=1S/C21H24N4O3S/c1-13(2)25(12-19-23-16-8-5-4-7-15(16)21(28)24-19)20(27)11-17(22-14(3)26)18-9-6-10-29-18/h4-10,13,17H,11-12H2,1-3H3,(H,22,26)(H,23,24,28). The van der Waals surface area contributed by atoms with Gasteiger partial charge in [0.1, 0.15) is 5.82 Å². The Morgan fingerprint density at radius 3 is 2.62 bits per heavy atom. The van der Waals surface area contributed by atoms with E-state index in [0.29, 0.717) is 16.7 Å². The Bertz CT molecular complexity index is 1060. The summed E-state index contributed by atoms with van der Waals surface area (Å²) in [5.41, 5.74) is 0.369. The van der Waals surface area contributed by atoms with E-state index in [1.54, 1.807) is 23.1 Å². The largest absolute Gasteiger partial charge is 0.348 e. The van der Waals surface area contributed by atoms with Crippen LogP contribution in [-0.4, -0.2) is 32.7 Å². The van der Waals surface area contributed by atoms with Crippen molar-refractivity contribution in [2.45, 2.75) is 45.8 Å². The fraction of sp³-hybridized carbons (Fsp3) is 0.333. The van der Waals surface area contributed by atoms with Crippen LogP contribution >= 0.6 is 11.3 Å². The van der Waals surface area contributed by atoms with Gasteiger partial charge in [-0.15, -0.1) is 11.3 Å². The zero-order valence-electron chi connectivity index (χ0n) is 16.6. The molecule has 8 heteroatoms. The molecule has 0 fully saturated rings. The SMILES string of the molecule is CC(=O)NC(CC(=O)N(Cc1nc2ccccc2c(=O)[nH]1)C(C)C)c1cccs1. The van der Waals surface area contributed by atoms with Gasteiger partial charge in [-0.3, -0.25) is 14.4 Å². The van der Waals surface area contributed by atoms with Gasteiger partial charge >= 0.3 is 0 Å². The van der Waals surface area contributed by atoms with Crippen molar-refractivity contribution in [1.29, 1.82) is 0 Å². The van der Waals surface area contributed by atoms with Gasteiger partial charge < -0.3 is 15.2 Å². The lowest BCUT2D eigenvalue weighted by molar-refractivity contribution is -0.134. The van der Waals surface area contributed by atoms with Crippen LogP contribution < -0.4 is 10.9 Å². The molecule has 3 aromatic rings. The first kappa shape index (κ1) is 20.7. The molecule has 0 radical (unpaired) electrons. The Balaban J connectivity index is 1.82. The number of nitrogens with one attached hydrogen (secondary N) is 2. The van der Waals surface area contributed by atoms with Crippen LogP contribution in [-0.2, 0) is 16.1 Å². The normalized spacial score (nSPS) is 12.1. The first-order chi connectivity index (χ1) is 13.8. The number of thiophene rings is 1. The number of aromatic nitrogens is 2. The topological polar surface area (TPSA) is 95.2 Å². The van der Waals surface area contributed by atoms with Crippen molar-refractivity contribution in [3.05, 3.63) is 62.8 Å². The molecular weight excluding hydrogens is 388 g/mol. The number of carbonyl (C=O) groups excluding carboxylic acids is 2. The second-order valence-corrected chi connectivity index (χ2v) is 8.10. The van der Waals surface area contributed by atoms with Crippen molar-refractivity contribution in [1.82, 2.24) is 20.2 Å². The van der Waals surface area contributed by atoms with E-state index in [4.69, 9.17) is 0 Å². The van der Waals surface area contributed by atoms with Gasteiger partial charge in [-0.1, -0.05) is 18.2 Å². The maximum Gasteiger partial charge on any atom is 0.258 e. The lowest BCUT2D eigenvalue weighted by Crippen LogP contribution is -2.40. The van der Waals surface area contributed by atoms with Crippen LogP contribution in [0.25, 0.3) is 10.9 Å². The lowest BCUT2D eigenvalue weighted by atomic mass is 10.1. The van der Waals surface area contributed by atoms with Crippen LogP contribution in [0.3, 0.4) is 0 Å². The fourth-order valence-electron chi connectivity index (χ4n) is 3.18. The highest BCUT2D eigenvalue weighted by Gasteiger charge is 2.24. The predicted molar refractivity (Wildman–Crippen MR) is 114 cm³/mol. The smallest absolute Gasteiger partial charge is 0.258 e. The minimum Gasteiger partial charge on any atom is -0.348 e. The monoisotopic (exact) mass is 412 g/mol. The summed E-state index contributed by atoms with van der Waals surface area (Å²) in [6.45, 7) is 5.45. The molecule has 3 rings (SSSR count). The van der Waals surface area contributed by atoms with E-state index in [1.807, 2.05) is 37.4 Å². The lowest BCUT2D eigenvalue weighted by Gasteiger charge is -2.28. The van der Waals surface area contributed by atoms with Gasteiger partial charge in [0, 0.05) is 17.8 Å². The zero-order valence-corrected chi connectivity index (χ0v) is 17.5. The minimum atomic E-state index is -0.384. The average molecular weight is 413 g/mol. The molecule has 1 aromatic carbocycles. The number of nitrogens with zero attached hydrogens (tertiary/aromatic N) is 2. The molecule has 0 saturated carbocycles. The van der Waals surface area contributed by atoms with Crippen molar-refractivity contribution in [2.24, 2.45) is 0 Å². The molecule has 0 bridgehead atoms. The third-order valence-electron chi connectivity index (χ3n) is 4.57. The van der Waals surface area contributed by atoms with Crippen molar-refractivity contribution in [3.63, 3.8) is 0 Å². The first-order valence-corrected chi connectivity index (χ1v) is 10.3. The molecule has 2 aromatic heterocycles. The highest BCUT2D eigenvalue weighted by atomic mass is 32.1. The molecule has 1 unspecified atom stereocenters. The molecule has 7 nitrogen and oxygen atoms in total. The Labute approximate surface area is 172 Å². The number of H-pyrrole nitrogens is 1. The molecule has 0 saturated heterocycles. The zero-order chi connectivity index (χ0) is 21.0. The van der Waals surface area contributed by atoms with Gasteiger partial charge in [0.15, 0.2) is 0 Å². The molecule has 152 valence electrons. The van der Waals surface area contributed by atoms with E-state index >= 15 is 0 Å². The van der Waals surface area contributed by atoms with Gasteiger partial charge in [0.05, 0.1) is 29.9 Å². The summed E-state index contributed by atoms with van der Waals surface area (Å²) in [6, 6.07) is 10.4. The maximum absolute atomic E-state index is 13.1. The summed E-state index contributed by atoms with van der Waals surface area (Å²) < 4.78 is 0. The van der Waals surface area contributed by atoms with E-state index in [9.17, 15) is 14.4 Å². The van der Waals surface area contributed by atoms with Crippen molar-refractivity contribution < 1.29 is 9.59 Å². The minimum absolute atomic E-state index is 0.0967. The number of rotatable bonds is 7. The van der Waals surface area contributed by atoms with Crippen molar-refractivity contribution in [2.75, 3.05) is 0 Å². The molecular formula is C21H24N4O3S. The number of para-hydroxylation sites is 1. The van der Waals surface area contributed by atoms with Crippen LogP contribution in [0.15, 0.2) is 46.6 Å². The number of aromatic amines is 1. The first-order valence-electron chi connectivity index (χ1n) is 9.43. The van der Waals surface area contributed by atoms with E-state index in [-0.39, 0.29) is 42.4 Å². The van der Waals surface area contributed by atoms with Crippen LogP contribution in [0.1, 0.15) is 43.9 Å². The molecule has 2 amide bonds. The molecule has 1 atom stereocenters. The molecule has 2 N–H and O–H groups in total. The molecule has 0 aliphatic rings. The summed E-state index contributed by atoms with van der Waals surface area (Å²) >= 11 is 1.50.